The highest BCUT2D eigenvalue weighted by molar-refractivity contribution is 7.07. The number of carbonyl (C=O) groups is 2. The third-order valence-electron chi connectivity index (χ3n) is 5.52. The van der Waals surface area contributed by atoms with Crippen molar-refractivity contribution in [1.82, 2.24) is 4.57 Å². The summed E-state index contributed by atoms with van der Waals surface area (Å²) in [5.41, 5.74) is 1.44. The van der Waals surface area contributed by atoms with Crippen LogP contribution in [0.25, 0.3) is 6.20 Å². The van der Waals surface area contributed by atoms with Gasteiger partial charge in [-0.3, -0.25) is 9.36 Å². The summed E-state index contributed by atoms with van der Waals surface area (Å²) >= 11 is 7.08. The molecule has 0 saturated heterocycles. The summed E-state index contributed by atoms with van der Waals surface area (Å²) in [6.07, 6.45) is 1.48. The number of benzene rings is 2. The molecule has 9 nitrogen and oxygen atoms in total. The number of nitrogens with one attached hydrogen (secondary N) is 1. The van der Waals surface area contributed by atoms with Crippen molar-refractivity contribution in [3.8, 4) is 5.75 Å². The predicted octanol–water partition coefficient (Wildman–Crippen LogP) is 3.18. The van der Waals surface area contributed by atoms with E-state index in [4.69, 9.17) is 21.1 Å². The molecule has 11 heteroatoms. The third-order valence-corrected chi connectivity index (χ3v) is 6.83. The summed E-state index contributed by atoms with van der Waals surface area (Å²) in [5.74, 6) is -1.07. The number of rotatable bonds is 7. The highest BCUT2D eigenvalue weighted by Gasteiger charge is 2.33. The first-order valence-corrected chi connectivity index (χ1v) is 12.1. The summed E-state index contributed by atoms with van der Waals surface area (Å²) in [6, 6.07) is 10.8. The van der Waals surface area contributed by atoms with Crippen molar-refractivity contribution in [2.24, 2.45) is 4.99 Å². The van der Waals surface area contributed by atoms with Crippen LogP contribution in [0.15, 0.2) is 63.5 Å². The van der Waals surface area contributed by atoms with Crippen LogP contribution in [0, 0.1) is 0 Å². The van der Waals surface area contributed by atoms with E-state index in [1.807, 2.05) is 0 Å². The molecule has 2 aromatic carbocycles. The molecule has 36 heavy (non-hydrogen) atoms. The van der Waals surface area contributed by atoms with E-state index >= 15 is 0 Å². The minimum absolute atomic E-state index is 0.0641. The first-order chi connectivity index (χ1) is 17.2. The lowest BCUT2D eigenvalue weighted by Gasteiger charge is -2.24. The van der Waals surface area contributed by atoms with Gasteiger partial charge in [0.25, 0.3) is 5.56 Å². The number of carboxylic acid groups (broad SMARTS) is 1. The summed E-state index contributed by atoms with van der Waals surface area (Å²) in [6.45, 7) is 3.60. The average Bonchev–Trinajstić information content (AvgIpc) is 3.17. The van der Waals surface area contributed by atoms with Gasteiger partial charge in [-0.05, 0) is 49.7 Å². The van der Waals surface area contributed by atoms with Gasteiger partial charge in [0.1, 0.15) is 10.3 Å². The second kappa shape index (κ2) is 10.4. The van der Waals surface area contributed by atoms with Crippen molar-refractivity contribution in [3.05, 3.63) is 89.6 Å². The standard InChI is InChI=1S/C25H22ClN3O6S/c1-4-35-24(33)20-13(2)28-25-29(21(20)14-5-8-16(34-3)9-6-14)22(30)19(36-25)12-27-15-7-10-18(26)17(11-15)23(31)32/h5-12,21,27H,4H2,1-3H3,(H,31,32)/b19-12-/t21-/m1/s1. The van der Waals surface area contributed by atoms with Crippen molar-refractivity contribution in [2.45, 2.75) is 19.9 Å². The third kappa shape index (κ3) is 4.77. The van der Waals surface area contributed by atoms with E-state index in [1.54, 1.807) is 51.3 Å². The number of hydrogen-bond acceptors (Lipinski definition) is 8. The van der Waals surface area contributed by atoms with Gasteiger partial charge < -0.3 is 19.9 Å². The zero-order chi connectivity index (χ0) is 26.0. The molecule has 2 heterocycles. The van der Waals surface area contributed by atoms with E-state index in [0.29, 0.717) is 32.0 Å². The van der Waals surface area contributed by atoms with Crippen LogP contribution in [0.5, 0.6) is 5.75 Å². The van der Waals surface area contributed by atoms with Crippen LogP contribution in [-0.4, -0.2) is 35.3 Å². The van der Waals surface area contributed by atoms with Crippen LogP contribution in [0.2, 0.25) is 5.02 Å². The maximum absolute atomic E-state index is 13.5. The number of halogens is 1. The number of anilines is 1. The number of esters is 1. The Bertz CT molecular complexity index is 1560. The number of aromatic carboxylic acids is 1. The lowest BCUT2D eigenvalue weighted by Crippen LogP contribution is -2.40. The molecule has 0 radical (unpaired) electrons. The molecular weight excluding hydrogens is 506 g/mol. The number of nitrogens with zero attached hydrogens (tertiary/aromatic N) is 2. The maximum atomic E-state index is 13.5. The number of carbonyl (C=O) groups excluding carboxylic acids is 1. The summed E-state index contributed by atoms with van der Waals surface area (Å²) in [7, 11) is 1.55. The number of ether oxygens (including phenoxy) is 2. The highest BCUT2D eigenvalue weighted by atomic mass is 35.5. The lowest BCUT2D eigenvalue weighted by atomic mass is 9.96. The van der Waals surface area contributed by atoms with E-state index in [9.17, 15) is 19.5 Å². The summed E-state index contributed by atoms with van der Waals surface area (Å²) < 4.78 is 12.3. The first kappa shape index (κ1) is 25.2. The van der Waals surface area contributed by atoms with E-state index in [2.05, 4.69) is 10.3 Å². The normalized spacial score (nSPS) is 15.2. The molecule has 0 amide bonds. The van der Waals surface area contributed by atoms with Crippen molar-refractivity contribution in [1.29, 1.82) is 0 Å². The minimum Gasteiger partial charge on any atom is -0.497 e. The topological polar surface area (TPSA) is 119 Å². The molecule has 0 spiro atoms. The Balaban J connectivity index is 1.83. The number of allylic oxidation sites excluding steroid dienone is 1. The van der Waals surface area contributed by atoms with Crippen LogP contribution in [0.1, 0.15) is 35.8 Å². The van der Waals surface area contributed by atoms with Gasteiger partial charge in [-0.2, -0.15) is 0 Å². The number of methoxy groups -OCH3 is 1. The number of thiazole rings is 1. The van der Waals surface area contributed by atoms with Crippen molar-refractivity contribution in [3.63, 3.8) is 0 Å². The molecule has 186 valence electrons. The molecule has 2 N–H and O–H groups in total. The van der Waals surface area contributed by atoms with Crippen molar-refractivity contribution < 1.29 is 24.2 Å². The predicted molar refractivity (Wildman–Crippen MR) is 136 cm³/mol. The number of carboxylic acids is 1. The average molecular weight is 528 g/mol. The van der Waals surface area contributed by atoms with E-state index in [1.165, 1.54) is 22.9 Å². The molecule has 4 rings (SSSR count). The number of hydrogen-bond donors (Lipinski definition) is 2. The summed E-state index contributed by atoms with van der Waals surface area (Å²) in [5, 5.41) is 12.4. The Morgan fingerprint density at radius 1 is 1.25 bits per heavy atom. The van der Waals surface area contributed by atoms with Crippen LogP contribution in [0.4, 0.5) is 5.69 Å². The van der Waals surface area contributed by atoms with Gasteiger partial charge in [0, 0.05) is 11.9 Å². The molecule has 0 bridgehead atoms. The Morgan fingerprint density at radius 2 is 1.97 bits per heavy atom. The molecule has 0 fully saturated rings. The molecule has 1 aromatic heterocycles. The molecule has 1 aliphatic rings. The molecule has 1 atom stereocenters. The Kier molecular flexibility index (Phi) is 7.27. The molecule has 0 aliphatic carbocycles. The second-order valence-corrected chi connectivity index (χ2v) is 9.14. The van der Waals surface area contributed by atoms with Crippen LogP contribution >= 0.6 is 22.9 Å². The Morgan fingerprint density at radius 3 is 2.61 bits per heavy atom. The second-order valence-electron chi connectivity index (χ2n) is 7.72. The van der Waals surface area contributed by atoms with Gasteiger partial charge in [0.15, 0.2) is 4.80 Å². The fraction of sp³-hybridized carbons (Fsp3) is 0.200. The largest absolute Gasteiger partial charge is 0.497 e. The highest BCUT2D eigenvalue weighted by Crippen LogP contribution is 2.31. The molecule has 0 saturated carbocycles. The van der Waals surface area contributed by atoms with Gasteiger partial charge in [0.2, 0.25) is 0 Å². The maximum Gasteiger partial charge on any atom is 0.338 e. The molecule has 1 aliphatic heterocycles. The Hall–Kier alpha value is -3.89. The Labute approximate surface area is 214 Å². The van der Waals surface area contributed by atoms with Crippen LogP contribution < -0.4 is 24.9 Å². The van der Waals surface area contributed by atoms with E-state index in [-0.39, 0.29) is 28.3 Å². The smallest absolute Gasteiger partial charge is 0.338 e. The van der Waals surface area contributed by atoms with Gasteiger partial charge in [0.05, 0.1) is 41.6 Å². The van der Waals surface area contributed by atoms with Crippen LogP contribution in [-0.2, 0) is 9.53 Å². The SMILES string of the molecule is CCOC(=O)C1=C(C)N=c2s/c(=C\Nc3ccc(Cl)c(C(=O)O)c3)c(=O)n2[C@@H]1c1ccc(OC)cc1. The first-order valence-electron chi connectivity index (χ1n) is 10.9. The van der Waals surface area contributed by atoms with Gasteiger partial charge in [-0.1, -0.05) is 35.1 Å². The van der Waals surface area contributed by atoms with E-state index < -0.39 is 18.0 Å². The van der Waals surface area contributed by atoms with Gasteiger partial charge >= 0.3 is 11.9 Å². The monoisotopic (exact) mass is 527 g/mol. The van der Waals surface area contributed by atoms with Crippen LogP contribution in [0.3, 0.4) is 0 Å². The fourth-order valence-corrected chi connectivity index (χ4v) is 4.99. The minimum atomic E-state index is -1.16. The zero-order valence-electron chi connectivity index (χ0n) is 19.6. The number of aromatic nitrogens is 1. The van der Waals surface area contributed by atoms with Gasteiger partial charge in [-0.15, -0.1) is 0 Å². The molecule has 0 unspecified atom stereocenters. The fourth-order valence-electron chi connectivity index (χ4n) is 3.82. The summed E-state index contributed by atoms with van der Waals surface area (Å²) in [4.78, 5) is 42.8. The lowest BCUT2D eigenvalue weighted by molar-refractivity contribution is -0.139. The quantitative estimate of drug-likeness (QED) is 0.453. The zero-order valence-corrected chi connectivity index (χ0v) is 21.1. The van der Waals surface area contributed by atoms with E-state index in [0.717, 1.165) is 11.3 Å². The molecular formula is C25H22ClN3O6S. The van der Waals surface area contributed by atoms with Crippen molar-refractivity contribution >= 4 is 46.8 Å². The number of fused-ring (bicyclic) bond motifs is 1. The van der Waals surface area contributed by atoms with Gasteiger partial charge in [-0.25, -0.2) is 14.6 Å². The molecule has 3 aromatic rings. The van der Waals surface area contributed by atoms with Crippen molar-refractivity contribution in [2.75, 3.05) is 19.0 Å².